The van der Waals surface area contributed by atoms with Crippen LogP contribution in [0, 0.1) is 11.3 Å². The highest BCUT2D eigenvalue weighted by Gasteiger charge is 2.34. The van der Waals surface area contributed by atoms with Gasteiger partial charge in [-0.25, -0.2) is 0 Å². The first kappa shape index (κ1) is 17.6. The van der Waals surface area contributed by atoms with Gasteiger partial charge >= 0.3 is 0 Å². The lowest BCUT2D eigenvalue weighted by molar-refractivity contribution is -0.121. The molecule has 0 bridgehead atoms. The number of nitrogens with one attached hydrogen (secondary N) is 1. The standard InChI is InChI=1S/C23H20N2OS/c24-15-19-18-13-7-8-14-20(18)27-23(19)25-22(26)21(16-9-3-1-4-10-16)17-11-5-2-6-12-17/h1-6,9-12,14,21,23H,7-8,13H2,(H,25,26). The van der Waals surface area contributed by atoms with E-state index in [2.05, 4.69) is 17.5 Å². The molecule has 2 aliphatic rings. The second-order valence-corrected chi connectivity index (χ2v) is 7.87. The largest absolute Gasteiger partial charge is 0.338 e. The van der Waals surface area contributed by atoms with Crippen molar-refractivity contribution >= 4 is 17.7 Å². The van der Waals surface area contributed by atoms with Gasteiger partial charge in [0.25, 0.3) is 0 Å². The Balaban J connectivity index is 1.64. The minimum atomic E-state index is -0.394. The van der Waals surface area contributed by atoms with Gasteiger partial charge in [0.2, 0.25) is 5.91 Å². The van der Waals surface area contributed by atoms with Gasteiger partial charge in [0.15, 0.2) is 0 Å². The first-order valence-corrected chi connectivity index (χ1v) is 10.1. The maximum Gasteiger partial charge on any atom is 0.233 e. The molecule has 134 valence electrons. The third-order valence-electron chi connectivity index (χ3n) is 5.01. The Kier molecular flexibility index (Phi) is 5.13. The van der Waals surface area contributed by atoms with Gasteiger partial charge in [-0.3, -0.25) is 4.79 Å². The molecule has 4 heteroatoms. The summed E-state index contributed by atoms with van der Waals surface area (Å²) in [6.07, 6.45) is 5.23. The van der Waals surface area contributed by atoms with Crippen molar-refractivity contribution in [2.24, 2.45) is 0 Å². The predicted octanol–water partition coefficient (Wildman–Crippen LogP) is 4.90. The van der Waals surface area contributed by atoms with Crippen LogP contribution < -0.4 is 5.32 Å². The van der Waals surface area contributed by atoms with Crippen LogP contribution in [0.5, 0.6) is 0 Å². The number of nitriles is 1. The van der Waals surface area contributed by atoms with Crippen LogP contribution in [0.3, 0.4) is 0 Å². The number of carbonyl (C=O) groups excluding carboxylic acids is 1. The topological polar surface area (TPSA) is 52.9 Å². The van der Waals surface area contributed by atoms with Crippen LogP contribution >= 0.6 is 11.8 Å². The van der Waals surface area contributed by atoms with Crippen LogP contribution in [0.25, 0.3) is 0 Å². The zero-order valence-electron chi connectivity index (χ0n) is 14.9. The van der Waals surface area contributed by atoms with Gasteiger partial charge in [-0.15, -0.1) is 0 Å². The predicted molar refractivity (Wildman–Crippen MR) is 109 cm³/mol. The fraction of sp³-hybridized carbons (Fsp3) is 0.217. The summed E-state index contributed by atoms with van der Waals surface area (Å²) in [5.41, 5.74) is 3.73. The minimum absolute atomic E-state index is 0.0718. The fourth-order valence-electron chi connectivity index (χ4n) is 3.72. The van der Waals surface area contributed by atoms with Crippen LogP contribution in [0.1, 0.15) is 36.3 Å². The molecule has 0 saturated carbocycles. The molecule has 1 unspecified atom stereocenters. The molecule has 1 aliphatic carbocycles. The smallest absolute Gasteiger partial charge is 0.233 e. The second-order valence-electron chi connectivity index (χ2n) is 6.73. The monoisotopic (exact) mass is 372 g/mol. The highest BCUT2D eigenvalue weighted by molar-refractivity contribution is 8.04. The Morgan fingerprint density at radius 2 is 1.70 bits per heavy atom. The van der Waals surface area contributed by atoms with E-state index in [4.69, 9.17) is 0 Å². The van der Waals surface area contributed by atoms with Gasteiger partial charge in [0.05, 0.1) is 17.6 Å². The van der Waals surface area contributed by atoms with E-state index in [0.29, 0.717) is 5.57 Å². The number of carbonyl (C=O) groups is 1. The van der Waals surface area contributed by atoms with Crippen molar-refractivity contribution in [1.29, 1.82) is 5.26 Å². The van der Waals surface area contributed by atoms with E-state index < -0.39 is 5.92 Å². The third kappa shape index (κ3) is 3.56. The lowest BCUT2D eigenvalue weighted by Gasteiger charge is -2.20. The van der Waals surface area contributed by atoms with E-state index in [-0.39, 0.29) is 11.3 Å². The molecule has 2 aromatic rings. The number of benzene rings is 2. The molecule has 1 N–H and O–H groups in total. The van der Waals surface area contributed by atoms with Gasteiger partial charge in [-0.2, -0.15) is 5.26 Å². The summed E-state index contributed by atoms with van der Waals surface area (Å²) in [4.78, 5) is 14.5. The van der Waals surface area contributed by atoms with Crippen molar-refractivity contribution in [3.05, 3.63) is 93.9 Å². The van der Waals surface area contributed by atoms with Crippen LogP contribution in [0.4, 0.5) is 0 Å². The molecule has 3 nitrogen and oxygen atoms in total. The Morgan fingerprint density at radius 3 is 2.30 bits per heavy atom. The summed E-state index contributed by atoms with van der Waals surface area (Å²) in [5.74, 6) is -0.466. The van der Waals surface area contributed by atoms with Crippen molar-refractivity contribution in [3.8, 4) is 6.07 Å². The maximum atomic E-state index is 13.3. The Hall–Kier alpha value is -2.77. The highest BCUT2D eigenvalue weighted by atomic mass is 32.2. The minimum Gasteiger partial charge on any atom is -0.338 e. The molecule has 1 aliphatic heterocycles. The molecule has 1 heterocycles. The zero-order chi connectivity index (χ0) is 18.6. The van der Waals surface area contributed by atoms with E-state index in [1.54, 1.807) is 11.8 Å². The molecule has 0 saturated heterocycles. The number of rotatable bonds is 4. The first-order valence-electron chi connectivity index (χ1n) is 9.18. The Labute approximate surface area is 163 Å². The molecule has 1 amide bonds. The van der Waals surface area contributed by atoms with Gasteiger partial charge in [0.1, 0.15) is 5.37 Å². The number of thioether (sulfide) groups is 1. The summed E-state index contributed by atoms with van der Waals surface area (Å²) in [7, 11) is 0. The molecule has 0 fully saturated rings. The lowest BCUT2D eigenvalue weighted by Crippen LogP contribution is -2.36. The number of nitrogens with zero attached hydrogens (tertiary/aromatic N) is 1. The number of amides is 1. The Bertz CT molecular complexity index is 902. The SMILES string of the molecule is N#CC1=C2CCCC=C2SC1NC(=O)C(c1ccccc1)c1ccccc1. The molecule has 4 rings (SSSR count). The van der Waals surface area contributed by atoms with Crippen molar-refractivity contribution in [3.63, 3.8) is 0 Å². The zero-order valence-corrected chi connectivity index (χ0v) is 15.7. The quantitative estimate of drug-likeness (QED) is 0.831. The van der Waals surface area contributed by atoms with E-state index in [1.165, 1.54) is 4.91 Å². The molecule has 2 aromatic carbocycles. The molecule has 0 spiro atoms. The molecular weight excluding hydrogens is 352 g/mol. The van der Waals surface area contributed by atoms with Gasteiger partial charge in [-0.1, -0.05) is 78.5 Å². The van der Waals surface area contributed by atoms with Gasteiger partial charge < -0.3 is 5.32 Å². The van der Waals surface area contributed by atoms with Gasteiger partial charge in [-0.05, 0) is 36.0 Å². The number of hydrogen-bond donors (Lipinski definition) is 1. The van der Waals surface area contributed by atoms with Crippen molar-refractivity contribution in [2.45, 2.75) is 30.6 Å². The molecule has 0 radical (unpaired) electrons. The summed E-state index contributed by atoms with van der Waals surface area (Å²) >= 11 is 1.60. The maximum absolute atomic E-state index is 13.3. The fourth-order valence-corrected chi connectivity index (χ4v) is 5.03. The molecule has 1 atom stereocenters. The van der Waals surface area contributed by atoms with Crippen molar-refractivity contribution in [2.75, 3.05) is 0 Å². The second kappa shape index (κ2) is 7.85. The summed E-state index contributed by atoms with van der Waals surface area (Å²) in [6, 6.07) is 21.9. The average Bonchev–Trinajstić information content (AvgIpc) is 3.06. The number of hydrogen-bond acceptors (Lipinski definition) is 3. The number of allylic oxidation sites excluding steroid dienone is 2. The van der Waals surface area contributed by atoms with Gasteiger partial charge in [0, 0.05) is 4.91 Å². The molecular formula is C23H20N2OS. The van der Waals surface area contributed by atoms with E-state index >= 15 is 0 Å². The third-order valence-corrected chi connectivity index (χ3v) is 6.27. The van der Waals surface area contributed by atoms with Crippen LogP contribution in [-0.2, 0) is 4.79 Å². The summed E-state index contributed by atoms with van der Waals surface area (Å²) in [6.45, 7) is 0. The Morgan fingerprint density at radius 1 is 1.07 bits per heavy atom. The molecule has 0 aromatic heterocycles. The van der Waals surface area contributed by atoms with Crippen LogP contribution in [0.2, 0.25) is 0 Å². The number of fused-ring (bicyclic) bond motifs is 1. The lowest BCUT2D eigenvalue weighted by atomic mass is 9.90. The first-order chi connectivity index (χ1) is 13.3. The van der Waals surface area contributed by atoms with Crippen molar-refractivity contribution in [1.82, 2.24) is 5.32 Å². The normalized spacial score (nSPS) is 18.7. The van der Waals surface area contributed by atoms with E-state index in [1.807, 2.05) is 60.7 Å². The van der Waals surface area contributed by atoms with Crippen LogP contribution in [0.15, 0.2) is 82.8 Å². The average molecular weight is 372 g/mol. The molecule has 27 heavy (non-hydrogen) atoms. The summed E-state index contributed by atoms with van der Waals surface area (Å²) in [5, 5.41) is 12.5. The van der Waals surface area contributed by atoms with Crippen LogP contribution in [-0.4, -0.2) is 11.3 Å². The summed E-state index contributed by atoms with van der Waals surface area (Å²) < 4.78 is 0. The van der Waals surface area contributed by atoms with E-state index in [0.717, 1.165) is 36.0 Å². The van der Waals surface area contributed by atoms with E-state index in [9.17, 15) is 10.1 Å². The van der Waals surface area contributed by atoms with Crippen molar-refractivity contribution < 1.29 is 4.79 Å². The highest BCUT2D eigenvalue weighted by Crippen LogP contribution is 2.45.